The molecule has 0 amide bonds. The topological polar surface area (TPSA) is 129 Å². The first kappa shape index (κ1) is 10.5. The maximum Gasteiger partial charge on any atom is 0.186 e. The third-order valence-electron chi connectivity index (χ3n) is 1.40. The van der Waals surface area contributed by atoms with Gasteiger partial charge in [-0.1, -0.05) is 0 Å². The Morgan fingerprint density at radius 1 is 0.833 bits per heavy atom. The average Bonchev–Trinajstić information content (AvgIpc) is 1.84. The summed E-state index contributed by atoms with van der Waals surface area (Å²) in [4.78, 5) is 7.77. The fraction of sp³-hybridized carbons (Fsp3) is 0.667. The van der Waals surface area contributed by atoms with E-state index in [1.165, 1.54) is 0 Å². The Morgan fingerprint density at radius 2 is 1.08 bits per heavy atom. The maximum atomic E-state index is 5.18. The first-order chi connectivity index (χ1) is 5.43. The third-order valence-corrected chi connectivity index (χ3v) is 1.40. The van der Waals surface area contributed by atoms with Crippen LogP contribution in [0.1, 0.15) is 13.8 Å². The van der Waals surface area contributed by atoms with Gasteiger partial charge in [0.25, 0.3) is 0 Å². The van der Waals surface area contributed by atoms with E-state index in [2.05, 4.69) is 9.98 Å². The first-order valence-corrected chi connectivity index (χ1v) is 3.61. The van der Waals surface area contributed by atoms with E-state index in [-0.39, 0.29) is 24.0 Å². The minimum atomic E-state index is -0.114. The standard InChI is InChI=1S/C6H16N6/c1-3(11-5(7)8)4(2)12-6(9)10/h3-4H,1-2H3,(H4,7,8,11)(H4,9,10,12). The molecule has 12 heavy (non-hydrogen) atoms. The van der Waals surface area contributed by atoms with Crippen molar-refractivity contribution in [3.05, 3.63) is 0 Å². The van der Waals surface area contributed by atoms with Gasteiger partial charge in [0.15, 0.2) is 11.9 Å². The van der Waals surface area contributed by atoms with E-state index in [0.717, 1.165) is 0 Å². The molecule has 0 heterocycles. The summed E-state index contributed by atoms with van der Waals surface area (Å²) in [6, 6.07) is -0.228. The SMILES string of the molecule is CC(N=C(N)N)C(C)N=C(N)N. The van der Waals surface area contributed by atoms with Gasteiger partial charge in [-0.25, -0.2) is 9.98 Å². The number of aliphatic imine (C=N–C) groups is 2. The van der Waals surface area contributed by atoms with Gasteiger partial charge in [0.05, 0.1) is 12.1 Å². The molecule has 0 bridgehead atoms. The van der Waals surface area contributed by atoms with E-state index in [1.807, 2.05) is 13.8 Å². The third kappa shape index (κ3) is 4.37. The van der Waals surface area contributed by atoms with Gasteiger partial charge in [0, 0.05) is 0 Å². The second-order valence-corrected chi connectivity index (χ2v) is 2.59. The molecule has 0 aliphatic rings. The molecule has 70 valence electrons. The van der Waals surface area contributed by atoms with Crippen LogP contribution in [0.4, 0.5) is 0 Å². The molecule has 2 atom stereocenters. The molecule has 0 fully saturated rings. The first-order valence-electron chi connectivity index (χ1n) is 3.61. The molecule has 0 aromatic rings. The Balaban J connectivity index is 4.20. The average molecular weight is 172 g/mol. The second-order valence-electron chi connectivity index (χ2n) is 2.59. The van der Waals surface area contributed by atoms with Gasteiger partial charge in [0.2, 0.25) is 0 Å². The highest BCUT2D eigenvalue weighted by molar-refractivity contribution is 5.76. The molecule has 0 aromatic heterocycles. The summed E-state index contributed by atoms with van der Waals surface area (Å²) in [6.45, 7) is 3.66. The van der Waals surface area contributed by atoms with Crippen molar-refractivity contribution in [2.45, 2.75) is 25.9 Å². The maximum absolute atomic E-state index is 5.18. The molecule has 0 saturated carbocycles. The van der Waals surface area contributed by atoms with Crippen LogP contribution in [0.15, 0.2) is 9.98 Å². The Morgan fingerprint density at radius 3 is 1.25 bits per heavy atom. The van der Waals surface area contributed by atoms with Gasteiger partial charge in [0.1, 0.15) is 0 Å². The summed E-state index contributed by atoms with van der Waals surface area (Å²) in [6.07, 6.45) is 0. The van der Waals surface area contributed by atoms with Crippen LogP contribution in [-0.2, 0) is 0 Å². The molecule has 0 spiro atoms. The fourth-order valence-electron chi connectivity index (χ4n) is 0.686. The summed E-state index contributed by atoms with van der Waals surface area (Å²) >= 11 is 0. The van der Waals surface area contributed by atoms with Crippen molar-refractivity contribution in [2.24, 2.45) is 32.9 Å². The van der Waals surface area contributed by atoms with Gasteiger partial charge in [-0.2, -0.15) is 0 Å². The quantitative estimate of drug-likeness (QED) is 0.299. The van der Waals surface area contributed by atoms with Crippen LogP contribution in [0.2, 0.25) is 0 Å². The number of hydrogen-bond acceptors (Lipinski definition) is 2. The van der Waals surface area contributed by atoms with E-state index in [1.54, 1.807) is 0 Å². The molecule has 2 unspecified atom stereocenters. The fourth-order valence-corrected chi connectivity index (χ4v) is 0.686. The highest BCUT2D eigenvalue weighted by Crippen LogP contribution is 2.00. The lowest BCUT2D eigenvalue weighted by molar-refractivity contribution is 0.606. The molecule has 0 aliphatic heterocycles. The van der Waals surface area contributed by atoms with Crippen LogP contribution in [0, 0.1) is 0 Å². The van der Waals surface area contributed by atoms with E-state index < -0.39 is 0 Å². The summed E-state index contributed by atoms with van der Waals surface area (Å²) in [5, 5.41) is 0. The number of guanidine groups is 2. The van der Waals surface area contributed by atoms with E-state index >= 15 is 0 Å². The largest absolute Gasteiger partial charge is 0.370 e. The van der Waals surface area contributed by atoms with Crippen LogP contribution >= 0.6 is 0 Å². The van der Waals surface area contributed by atoms with Gasteiger partial charge in [-0.3, -0.25) is 0 Å². The number of hydrogen-bond donors (Lipinski definition) is 4. The van der Waals surface area contributed by atoms with Gasteiger partial charge in [-0.15, -0.1) is 0 Å². The summed E-state index contributed by atoms with van der Waals surface area (Å²) in [5.74, 6) is 0.0836. The van der Waals surface area contributed by atoms with Crippen molar-refractivity contribution in [3.63, 3.8) is 0 Å². The van der Waals surface area contributed by atoms with Gasteiger partial charge < -0.3 is 22.9 Å². The lowest BCUT2D eigenvalue weighted by atomic mass is 10.2. The monoisotopic (exact) mass is 172 g/mol. The lowest BCUT2D eigenvalue weighted by Gasteiger charge is -2.11. The molecular formula is C6H16N6. The van der Waals surface area contributed by atoms with Crippen molar-refractivity contribution in [3.8, 4) is 0 Å². The Labute approximate surface area is 71.7 Å². The number of nitrogens with two attached hydrogens (primary N) is 4. The zero-order valence-corrected chi connectivity index (χ0v) is 7.36. The minimum Gasteiger partial charge on any atom is -0.370 e. The molecule has 8 N–H and O–H groups in total. The Bertz CT molecular complexity index is 166. The molecule has 0 rings (SSSR count). The van der Waals surface area contributed by atoms with Crippen molar-refractivity contribution < 1.29 is 0 Å². The molecule has 6 heteroatoms. The molecule has 0 aromatic carbocycles. The van der Waals surface area contributed by atoms with Crippen molar-refractivity contribution in [1.29, 1.82) is 0 Å². The zero-order valence-electron chi connectivity index (χ0n) is 7.36. The lowest BCUT2D eigenvalue weighted by Crippen LogP contribution is -2.31. The van der Waals surface area contributed by atoms with Crippen LogP contribution < -0.4 is 22.9 Å². The van der Waals surface area contributed by atoms with Gasteiger partial charge >= 0.3 is 0 Å². The van der Waals surface area contributed by atoms with Crippen molar-refractivity contribution in [1.82, 2.24) is 0 Å². The van der Waals surface area contributed by atoms with Crippen molar-refractivity contribution >= 4 is 11.9 Å². The van der Waals surface area contributed by atoms with Crippen LogP contribution in [-0.4, -0.2) is 24.0 Å². The van der Waals surface area contributed by atoms with Gasteiger partial charge in [-0.05, 0) is 13.8 Å². The highest BCUT2D eigenvalue weighted by atomic mass is 15.1. The van der Waals surface area contributed by atoms with E-state index in [4.69, 9.17) is 22.9 Å². The predicted octanol–water partition coefficient (Wildman–Crippen LogP) is -1.69. The summed E-state index contributed by atoms with van der Waals surface area (Å²) < 4.78 is 0. The predicted molar refractivity (Wildman–Crippen MR) is 50.5 cm³/mol. The Kier molecular flexibility index (Phi) is 3.89. The normalized spacial score (nSPS) is 14.5. The summed E-state index contributed by atoms with van der Waals surface area (Å²) in [5.41, 5.74) is 20.7. The molecular weight excluding hydrogens is 156 g/mol. The van der Waals surface area contributed by atoms with E-state index in [9.17, 15) is 0 Å². The highest BCUT2D eigenvalue weighted by Gasteiger charge is 2.09. The van der Waals surface area contributed by atoms with E-state index in [0.29, 0.717) is 0 Å². The number of rotatable bonds is 3. The molecule has 6 nitrogen and oxygen atoms in total. The van der Waals surface area contributed by atoms with Crippen LogP contribution in [0.5, 0.6) is 0 Å². The molecule has 0 saturated heterocycles. The molecule has 0 aliphatic carbocycles. The second kappa shape index (κ2) is 4.42. The van der Waals surface area contributed by atoms with Crippen molar-refractivity contribution in [2.75, 3.05) is 0 Å². The number of nitrogens with zero attached hydrogens (tertiary/aromatic N) is 2. The van der Waals surface area contributed by atoms with Crippen LogP contribution in [0.25, 0.3) is 0 Å². The van der Waals surface area contributed by atoms with Crippen LogP contribution in [0.3, 0.4) is 0 Å². The summed E-state index contributed by atoms with van der Waals surface area (Å²) in [7, 11) is 0. The molecule has 0 radical (unpaired) electrons. The zero-order chi connectivity index (χ0) is 9.72. The smallest absolute Gasteiger partial charge is 0.186 e. The minimum absolute atomic E-state index is 0.0418. The Hall–Kier alpha value is -1.46.